The van der Waals surface area contributed by atoms with Gasteiger partial charge in [0.2, 0.25) is 0 Å². The van der Waals surface area contributed by atoms with Crippen LogP contribution in [0.3, 0.4) is 0 Å². The van der Waals surface area contributed by atoms with Gasteiger partial charge in [-0.15, -0.1) is 0 Å². The number of piperidine rings is 1. The minimum Gasteiger partial charge on any atom is -0.497 e. The van der Waals surface area contributed by atoms with Crippen LogP contribution in [0.1, 0.15) is 30.0 Å². The first-order valence-corrected chi connectivity index (χ1v) is 9.35. The van der Waals surface area contributed by atoms with Crippen molar-refractivity contribution in [1.82, 2.24) is 4.90 Å². The van der Waals surface area contributed by atoms with Crippen molar-refractivity contribution >= 4 is 17.6 Å². The Bertz CT molecular complexity index is 803. The maximum Gasteiger partial charge on any atom is 0.306 e. The molecular weight excluding hydrogens is 366 g/mol. The highest BCUT2D eigenvalue weighted by atomic mass is 35.5. The van der Waals surface area contributed by atoms with Crippen molar-refractivity contribution in [3.63, 3.8) is 0 Å². The summed E-state index contributed by atoms with van der Waals surface area (Å²) in [7, 11) is 3.29. The Morgan fingerprint density at radius 3 is 2.52 bits per heavy atom. The second-order valence-corrected chi connectivity index (χ2v) is 7.15. The molecular formula is C21H24ClNO4. The zero-order valence-corrected chi connectivity index (χ0v) is 16.3. The van der Waals surface area contributed by atoms with E-state index in [1.807, 2.05) is 36.4 Å². The fourth-order valence-electron chi connectivity index (χ4n) is 3.72. The summed E-state index contributed by atoms with van der Waals surface area (Å²) < 4.78 is 11.0. The Labute approximate surface area is 164 Å². The number of aliphatic carboxylic acids is 1. The van der Waals surface area contributed by atoms with E-state index in [2.05, 4.69) is 11.0 Å². The molecule has 0 aromatic heterocycles. The lowest BCUT2D eigenvalue weighted by molar-refractivity contribution is -0.143. The number of methoxy groups -OCH3 is 2. The molecule has 1 saturated heterocycles. The smallest absolute Gasteiger partial charge is 0.306 e. The van der Waals surface area contributed by atoms with Crippen LogP contribution in [0.25, 0.3) is 0 Å². The van der Waals surface area contributed by atoms with Crippen LogP contribution >= 0.6 is 11.6 Å². The molecule has 2 aromatic rings. The standard InChI is InChI=1S/C21H24ClNO4/c1-26-17-5-3-4-15(12-17)20(18-13-16(22)6-7-19(18)27-2)23-10-8-14(9-11-23)21(24)25/h3-7,12-14,20H,8-11H2,1-2H3,(H,24,25). The van der Waals surface area contributed by atoms with Gasteiger partial charge in [-0.3, -0.25) is 9.69 Å². The SMILES string of the molecule is COc1cccc(C(c2cc(Cl)ccc2OC)N2CCC(C(=O)O)CC2)c1. The van der Waals surface area contributed by atoms with Gasteiger partial charge >= 0.3 is 5.97 Å². The molecule has 1 heterocycles. The minimum atomic E-state index is -0.715. The Kier molecular flexibility index (Phi) is 6.24. The van der Waals surface area contributed by atoms with Crippen molar-refractivity contribution in [2.45, 2.75) is 18.9 Å². The summed E-state index contributed by atoms with van der Waals surface area (Å²) in [5.74, 6) is 0.535. The summed E-state index contributed by atoms with van der Waals surface area (Å²) in [6.45, 7) is 1.38. The number of ether oxygens (including phenoxy) is 2. The number of rotatable bonds is 6. The van der Waals surface area contributed by atoms with Gasteiger partial charge < -0.3 is 14.6 Å². The van der Waals surface area contributed by atoms with Crippen LogP contribution in [-0.4, -0.2) is 43.3 Å². The predicted molar refractivity (Wildman–Crippen MR) is 105 cm³/mol. The van der Waals surface area contributed by atoms with E-state index < -0.39 is 5.97 Å². The highest BCUT2D eigenvalue weighted by Crippen LogP contribution is 2.39. The quantitative estimate of drug-likeness (QED) is 0.800. The Morgan fingerprint density at radius 1 is 1.15 bits per heavy atom. The van der Waals surface area contributed by atoms with Gasteiger partial charge in [0.05, 0.1) is 26.2 Å². The largest absolute Gasteiger partial charge is 0.497 e. The molecule has 0 amide bonds. The molecule has 27 heavy (non-hydrogen) atoms. The highest BCUT2D eigenvalue weighted by Gasteiger charge is 2.31. The summed E-state index contributed by atoms with van der Waals surface area (Å²) >= 11 is 6.29. The number of hydrogen-bond donors (Lipinski definition) is 1. The van der Waals surface area contributed by atoms with Gasteiger partial charge in [-0.05, 0) is 61.8 Å². The number of hydrogen-bond acceptors (Lipinski definition) is 4. The summed E-state index contributed by atoms with van der Waals surface area (Å²) in [4.78, 5) is 13.6. The summed E-state index contributed by atoms with van der Waals surface area (Å²) in [6.07, 6.45) is 1.25. The van der Waals surface area contributed by atoms with Crippen molar-refractivity contribution < 1.29 is 19.4 Å². The third-order valence-electron chi connectivity index (χ3n) is 5.14. The van der Waals surface area contributed by atoms with Crippen molar-refractivity contribution in [3.05, 3.63) is 58.6 Å². The summed E-state index contributed by atoms with van der Waals surface area (Å²) in [5.41, 5.74) is 2.02. The molecule has 0 radical (unpaired) electrons. The fourth-order valence-corrected chi connectivity index (χ4v) is 3.90. The van der Waals surface area contributed by atoms with Crippen LogP contribution in [0.15, 0.2) is 42.5 Å². The second kappa shape index (κ2) is 8.63. The molecule has 1 fully saturated rings. The van der Waals surface area contributed by atoms with Crippen LogP contribution in [0.2, 0.25) is 5.02 Å². The average molecular weight is 390 g/mol. The van der Waals surface area contributed by atoms with Crippen LogP contribution in [-0.2, 0) is 4.79 Å². The van der Waals surface area contributed by atoms with Crippen molar-refractivity contribution in [2.75, 3.05) is 27.3 Å². The molecule has 5 nitrogen and oxygen atoms in total. The van der Waals surface area contributed by atoms with Crippen LogP contribution in [0.5, 0.6) is 11.5 Å². The summed E-state index contributed by atoms with van der Waals surface area (Å²) in [5, 5.41) is 9.95. The van der Waals surface area contributed by atoms with Gasteiger partial charge in [-0.1, -0.05) is 23.7 Å². The van der Waals surface area contributed by atoms with Gasteiger partial charge in [-0.2, -0.15) is 0 Å². The monoisotopic (exact) mass is 389 g/mol. The molecule has 2 aromatic carbocycles. The van der Waals surface area contributed by atoms with E-state index in [9.17, 15) is 9.90 Å². The topological polar surface area (TPSA) is 59.0 Å². The molecule has 0 aliphatic carbocycles. The first-order valence-electron chi connectivity index (χ1n) is 8.97. The van der Waals surface area contributed by atoms with E-state index >= 15 is 0 Å². The van der Waals surface area contributed by atoms with Gasteiger partial charge in [0, 0.05) is 10.6 Å². The second-order valence-electron chi connectivity index (χ2n) is 6.71. The van der Waals surface area contributed by atoms with E-state index in [0.717, 1.165) is 22.6 Å². The van der Waals surface area contributed by atoms with Gasteiger partial charge in [0.25, 0.3) is 0 Å². The number of nitrogens with zero attached hydrogens (tertiary/aromatic N) is 1. The number of benzene rings is 2. The normalized spacial score (nSPS) is 16.7. The van der Waals surface area contributed by atoms with E-state index in [1.54, 1.807) is 14.2 Å². The third-order valence-corrected chi connectivity index (χ3v) is 5.37. The van der Waals surface area contributed by atoms with E-state index in [0.29, 0.717) is 31.0 Å². The molecule has 3 rings (SSSR count). The summed E-state index contributed by atoms with van der Waals surface area (Å²) in [6, 6.07) is 13.4. The molecule has 1 atom stereocenters. The first kappa shape index (κ1) is 19.5. The fraction of sp³-hybridized carbons (Fsp3) is 0.381. The van der Waals surface area contributed by atoms with Crippen molar-refractivity contribution in [3.8, 4) is 11.5 Å². The van der Waals surface area contributed by atoms with Crippen LogP contribution < -0.4 is 9.47 Å². The minimum absolute atomic E-state index is 0.0940. The van der Waals surface area contributed by atoms with Crippen LogP contribution in [0, 0.1) is 5.92 Å². The van der Waals surface area contributed by atoms with Crippen molar-refractivity contribution in [2.24, 2.45) is 5.92 Å². The van der Waals surface area contributed by atoms with E-state index in [1.165, 1.54) is 0 Å². The number of carboxylic acid groups (broad SMARTS) is 1. The lowest BCUT2D eigenvalue weighted by Gasteiger charge is -2.37. The number of carboxylic acids is 1. The molecule has 144 valence electrons. The van der Waals surface area contributed by atoms with Gasteiger partial charge in [0.1, 0.15) is 11.5 Å². The predicted octanol–water partition coefficient (Wildman–Crippen LogP) is 4.24. The lowest BCUT2D eigenvalue weighted by Crippen LogP contribution is -2.39. The average Bonchev–Trinajstić information content (AvgIpc) is 2.69. The number of halogens is 1. The number of likely N-dealkylation sites (tertiary alicyclic amines) is 1. The van der Waals surface area contributed by atoms with E-state index in [-0.39, 0.29) is 12.0 Å². The molecule has 1 unspecified atom stereocenters. The third kappa shape index (κ3) is 4.37. The Balaban J connectivity index is 2.02. The molecule has 0 bridgehead atoms. The molecule has 0 saturated carbocycles. The maximum absolute atomic E-state index is 11.3. The van der Waals surface area contributed by atoms with Gasteiger partial charge in [-0.25, -0.2) is 0 Å². The first-order chi connectivity index (χ1) is 13.0. The van der Waals surface area contributed by atoms with Crippen LogP contribution in [0.4, 0.5) is 0 Å². The molecule has 6 heteroatoms. The molecule has 1 N–H and O–H groups in total. The van der Waals surface area contributed by atoms with Gasteiger partial charge in [0.15, 0.2) is 0 Å². The highest BCUT2D eigenvalue weighted by molar-refractivity contribution is 6.30. The maximum atomic E-state index is 11.3. The lowest BCUT2D eigenvalue weighted by atomic mass is 9.91. The molecule has 1 aliphatic rings. The Morgan fingerprint density at radius 2 is 1.89 bits per heavy atom. The number of carbonyl (C=O) groups is 1. The zero-order chi connectivity index (χ0) is 19.4. The molecule has 0 spiro atoms. The Hall–Kier alpha value is -2.24. The molecule has 1 aliphatic heterocycles. The van der Waals surface area contributed by atoms with Crippen molar-refractivity contribution in [1.29, 1.82) is 0 Å². The zero-order valence-electron chi connectivity index (χ0n) is 15.5. The van der Waals surface area contributed by atoms with E-state index in [4.69, 9.17) is 21.1 Å².